The van der Waals surface area contributed by atoms with Gasteiger partial charge in [-0.05, 0) is 65.8 Å². The molecular formula is C29H24N4O2. The third kappa shape index (κ3) is 5.68. The number of nitrogens with zero attached hydrogens (tertiary/aromatic N) is 4. The van der Waals surface area contributed by atoms with Gasteiger partial charge in [-0.25, -0.2) is 0 Å². The molecule has 0 amide bonds. The number of hydrogen-bond acceptors (Lipinski definition) is 6. The molecule has 0 spiro atoms. The first kappa shape index (κ1) is 22.2. The summed E-state index contributed by atoms with van der Waals surface area (Å²) in [6.45, 7) is 1.06. The molecule has 6 nitrogen and oxygen atoms in total. The molecule has 6 heteroatoms. The van der Waals surface area contributed by atoms with Gasteiger partial charge in [-0.1, -0.05) is 24.3 Å². The van der Waals surface area contributed by atoms with Gasteiger partial charge in [0, 0.05) is 30.2 Å². The first-order valence-electron chi connectivity index (χ1n) is 11.3. The molecule has 2 aromatic heterocycles. The van der Waals surface area contributed by atoms with E-state index in [1.165, 1.54) is 0 Å². The van der Waals surface area contributed by atoms with Crippen molar-refractivity contribution in [3.63, 3.8) is 0 Å². The van der Waals surface area contributed by atoms with Crippen molar-refractivity contribution in [3.8, 4) is 11.5 Å². The first-order chi connectivity index (χ1) is 17.3. The topological polar surface area (TPSA) is 69.5 Å². The quantitative estimate of drug-likeness (QED) is 0.336. The molecule has 0 fully saturated rings. The van der Waals surface area contributed by atoms with Crippen LogP contribution in [0.5, 0.6) is 11.5 Å². The van der Waals surface area contributed by atoms with Crippen LogP contribution in [0.1, 0.15) is 16.8 Å². The van der Waals surface area contributed by atoms with Gasteiger partial charge < -0.3 is 9.47 Å². The second-order valence-corrected chi connectivity index (χ2v) is 7.95. The fourth-order valence-corrected chi connectivity index (χ4v) is 3.69. The fourth-order valence-electron chi connectivity index (χ4n) is 3.69. The van der Waals surface area contributed by atoms with Gasteiger partial charge >= 0.3 is 0 Å². The predicted molar refractivity (Wildman–Crippen MR) is 140 cm³/mol. The summed E-state index contributed by atoms with van der Waals surface area (Å²) in [6.07, 6.45) is 15.4. The molecule has 0 saturated heterocycles. The summed E-state index contributed by atoms with van der Waals surface area (Å²) in [5, 5.41) is 0. The monoisotopic (exact) mass is 460 g/mol. The van der Waals surface area contributed by atoms with Crippen LogP contribution in [0, 0.1) is 0 Å². The zero-order valence-corrected chi connectivity index (χ0v) is 19.3. The maximum Gasteiger partial charge on any atom is 0.130 e. The van der Waals surface area contributed by atoms with Crippen molar-refractivity contribution < 1.29 is 9.47 Å². The number of rotatable bonds is 8. The van der Waals surface area contributed by atoms with Gasteiger partial charge in [-0.3, -0.25) is 19.9 Å². The summed E-state index contributed by atoms with van der Waals surface area (Å²) in [6, 6.07) is 17.6. The van der Waals surface area contributed by atoms with E-state index in [0.29, 0.717) is 13.2 Å². The van der Waals surface area contributed by atoms with Crippen LogP contribution in [0.2, 0.25) is 0 Å². The highest BCUT2D eigenvalue weighted by Crippen LogP contribution is 2.26. The summed E-state index contributed by atoms with van der Waals surface area (Å²) < 4.78 is 11.4. The molecule has 0 atom stereocenters. The molecule has 0 N–H and O–H groups in total. The summed E-state index contributed by atoms with van der Waals surface area (Å²) >= 11 is 0. The number of methoxy groups -OCH3 is 1. The van der Waals surface area contributed by atoms with Gasteiger partial charge in [0.25, 0.3) is 0 Å². The van der Waals surface area contributed by atoms with Gasteiger partial charge in [0.05, 0.1) is 36.1 Å². The van der Waals surface area contributed by atoms with Crippen molar-refractivity contribution in [2.45, 2.75) is 6.61 Å². The van der Waals surface area contributed by atoms with Crippen LogP contribution in [0.3, 0.4) is 0 Å². The lowest BCUT2D eigenvalue weighted by molar-refractivity contribution is 0.299. The number of fused-ring (bicyclic) bond motifs is 1. The average molecular weight is 461 g/mol. The molecule has 1 aliphatic heterocycles. The van der Waals surface area contributed by atoms with Crippen LogP contribution in [-0.4, -0.2) is 34.3 Å². The Labute approximate surface area is 204 Å². The molecule has 5 rings (SSSR count). The number of pyridine rings is 1. The van der Waals surface area contributed by atoms with E-state index in [1.807, 2.05) is 66.7 Å². The van der Waals surface area contributed by atoms with Crippen LogP contribution in [0.15, 0.2) is 102 Å². The van der Waals surface area contributed by atoms with E-state index in [4.69, 9.17) is 9.47 Å². The highest BCUT2D eigenvalue weighted by molar-refractivity contribution is 6.08. The van der Waals surface area contributed by atoms with Gasteiger partial charge in [0.2, 0.25) is 0 Å². The van der Waals surface area contributed by atoms with E-state index in [-0.39, 0.29) is 0 Å². The third-order valence-corrected chi connectivity index (χ3v) is 5.51. The lowest BCUT2D eigenvalue weighted by Gasteiger charge is -2.09. The molecule has 0 aliphatic carbocycles. The maximum atomic E-state index is 5.85. The van der Waals surface area contributed by atoms with Gasteiger partial charge in [-0.2, -0.15) is 0 Å². The smallest absolute Gasteiger partial charge is 0.130 e. The summed E-state index contributed by atoms with van der Waals surface area (Å²) in [7, 11) is 1.66. The highest BCUT2D eigenvalue weighted by Gasteiger charge is 2.07. The average Bonchev–Trinajstić information content (AvgIpc) is 3.38. The van der Waals surface area contributed by atoms with E-state index in [9.17, 15) is 0 Å². The second-order valence-electron chi connectivity index (χ2n) is 7.95. The predicted octanol–water partition coefficient (Wildman–Crippen LogP) is 5.72. The minimum Gasteiger partial charge on any atom is -0.496 e. The van der Waals surface area contributed by atoms with Gasteiger partial charge in [-0.15, -0.1) is 0 Å². The van der Waals surface area contributed by atoms with Crippen molar-refractivity contribution in [3.05, 3.63) is 114 Å². The number of allylic oxidation sites excluding steroid dienone is 2. The Morgan fingerprint density at radius 2 is 1.74 bits per heavy atom. The molecule has 4 aromatic rings. The fraction of sp³-hybridized carbons (Fsp3) is 0.103. The normalized spacial score (nSPS) is 13.4. The van der Waals surface area contributed by atoms with Crippen molar-refractivity contribution in [1.82, 2.24) is 15.0 Å². The Hall–Kier alpha value is -4.58. The van der Waals surface area contributed by atoms with E-state index in [0.717, 1.165) is 50.6 Å². The Kier molecular flexibility index (Phi) is 6.71. The van der Waals surface area contributed by atoms with Crippen LogP contribution in [-0.2, 0) is 6.61 Å². The van der Waals surface area contributed by atoms with E-state index in [1.54, 1.807) is 25.7 Å². The van der Waals surface area contributed by atoms with Crippen LogP contribution >= 0.6 is 0 Å². The Balaban J connectivity index is 1.22. The summed E-state index contributed by atoms with van der Waals surface area (Å²) in [4.78, 5) is 17.6. The Morgan fingerprint density at radius 3 is 2.60 bits per heavy atom. The molecule has 3 heterocycles. The van der Waals surface area contributed by atoms with Crippen molar-refractivity contribution in [2.75, 3.05) is 13.7 Å². The Bertz CT molecular complexity index is 1460. The van der Waals surface area contributed by atoms with E-state index >= 15 is 0 Å². The molecule has 1 aliphatic rings. The molecule has 0 saturated carbocycles. The molecule has 172 valence electrons. The Morgan fingerprint density at radius 1 is 0.829 bits per heavy atom. The van der Waals surface area contributed by atoms with E-state index in [2.05, 4.69) is 38.2 Å². The zero-order chi connectivity index (χ0) is 23.9. The molecule has 0 bridgehead atoms. The minimum atomic E-state index is 0.406. The molecule has 0 unspecified atom stereocenters. The van der Waals surface area contributed by atoms with Crippen molar-refractivity contribution in [2.24, 2.45) is 4.99 Å². The number of aliphatic imine (C=N–C) groups is 1. The minimum absolute atomic E-state index is 0.406. The van der Waals surface area contributed by atoms with Crippen LogP contribution in [0.4, 0.5) is 0 Å². The standard InChI is InChI=1S/C29H24N4O2/c1-34-29-18-26(35-20-25-4-2-3-13-30-25)11-9-23(29)8-10-24-16-22(19-33-24)6-5-21-7-12-27-28(17-21)32-15-14-31-27/h2-18H,19-20H2,1H3/b6-5+,10-8+. The molecule has 35 heavy (non-hydrogen) atoms. The SMILES string of the molecule is COc1cc(OCc2ccccn2)ccc1/C=C/C1=NCC(/C=C/c2ccc3nccnc3c2)=C1. The van der Waals surface area contributed by atoms with Crippen LogP contribution < -0.4 is 9.47 Å². The largest absolute Gasteiger partial charge is 0.496 e. The van der Waals surface area contributed by atoms with Gasteiger partial charge in [0.1, 0.15) is 18.1 Å². The van der Waals surface area contributed by atoms with Crippen molar-refractivity contribution >= 4 is 28.9 Å². The first-order valence-corrected chi connectivity index (χ1v) is 11.3. The van der Waals surface area contributed by atoms with Crippen molar-refractivity contribution in [1.29, 1.82) is 0 Å². The van der Waals surface area contributed by atoms with Gasteiger partial charge in [0.15, 0.2) is 0 Å². The third-order valence-electron chi connectivity index (χ3n) is 5.51. The second kappa shape index (κ2) is 10.6. The molecular weight excluding hydrogens is 436 g/mol. The number of benzene rings is 2. The summed E-state index contributed by atoms with van der Waals surface area (Å²) in [5.41, 5.74) is 6.76. The molecule has 2 aromatic carbocycles. The number of hydrogen-bond donors (Lipinski definition) is 0. The van der Waals surface area contributed by atoms with E-state index < -0.39 is 0 Å². The lowest BCUT2D eigenvalue weighted by Crippen LogP contribution is -1.98. The molecule has 0 radical (unpaired) electrons. The summed E-state index contributed by atoms with van der Waals surface area (Å²) in [5.74, 6) is 1.47. The maximum absolute atomic E-state index is 5.85. The van der Waals surface area contributed by atoms with Crippen LogP contribution in [0.25, 0.3) is 23.2 Å². The highest BCUT2D eigenvalue weighted by atomic mass is 16.5. The number of ether oxygens (including phenoxy) is 2. The number of aromatic nitrogens is 3. The lowest BCUT2D eigenvalue weighted by atomic mass is 10.1. The zero-order valence-electron chi connectivity index (χ0n) is 19.3.